The lowest BCUT2D eigenvalue weighted by Gasteiger charge is -2.17. The summed E-state index contributed by atoms with van der Waals surface area (Å²) in [5, 5.41) is 3.05. The molecule has 0 aromatic heterocycles. The minimum atomic E-state index is -3.52. The molecule has 0 unspecified atom stereocenters. The number of amides is 1. The fraction of sp³-hybridized carbons (Fsp3) is 0.350. The van der Waals surface area contributed by atoms with Crippen molar-refractivity contribution in [1.82, 2.24) is 9.62 Å². The van der Waals surface area contributed by atoms with Crippen molar-refractivity contribution in [2.24, 2.45) is 0 Å². The second-order valence-electron chi connectivity index (χ2n) is 6.90. The number of aryl methyl sites for hydroxylation is 1. The summed E-state index contributed by atoms with van der Waals surface area (Å²) in [6, 6.07) is 14.5. The summed E-state index contributed by atoms with van der Waals surface area (Å²) >= 11 is 0. The van der Waals surface area contributed by atoms with Gasteiger partial charge in [-0.2, -0.15) is 4.31 Å². The van der Waals surface area contributed by atoms with E-state index in [0.29, 0.717) is 18.7 Å². The summed E-state index contributed by atoms with van der Waals surface area (Å²) in [7, 11) is -3.52. The van der Waals surface area contributed by atoms with Gasteiger partial charge in [-0.05, 0) is 55.0 Å². The minimum absolute atomic E-state index is 0.0162. The van der Waals surface area contributed by atoms with Gasteiger partial charge in [-0.3, -0.25) is 4.79 Å². The molecule has 0 saturated carbocycles. The predicted molar refractivity (Wildman–Crippen MR) is 99.4 cm³/mol. The van der Waals surface area contributed by atoms with E-state index in [9.17, 15) is 13.2 Å². The third-order valence-corrected chi connectivity index (χ3v) is 7.13. The molecular formula is C20H22N2O3S. The van der Waals surface area contributed by atoms with Gasteiger partial charge in [0.05, 0.1) is 10.9 Å². The molecule has 136 valence electrons. The Morgan fingerprint density at radius 3 is 2.62 bits per heavy atom. The van der Waals surface area contributed by atoms with E-state index in [1.807, 2.05) is 18.2 Å². The van der Waals surface area contributed by atoms with Crippen LogP contribution < -0.4 is 5.32 Å². The molecule has 1 atom stereocenters. The Kier molecular flexibility index (Phi) is 4.54. The van der Waals surface area contributed by atoms with Crippen molar-refractivity contribution >= 4 is 15.9 Å². The van der Waals surface area contributed by atoms with Crippen molar-refractivity contribution in [3.63, 3.8) is 0 Å². The van der Waals surface area contributed by atoms with E-state index in [1.54, 1.807) is 18.2 Å². The summed E-state index contributed by atoms with van der Waals surface area (Å²) in [5.74, 6) is -0.231. The number of rotatable bonds is 4. The standard InChI is InChI=1S/C20H22N2O3S/c23-20(21-19-11-10-15-6-1-2-9-18(15)19)16-7-5-8-17(14-16)26(24,25)22-12-3-4-13-22/h1-2,5-9,14,19H,3-4,10-13H2,(H,21,23)/t19-/m1/s1. The van der Waals surface area contributed by atoms with Crippen LogP contribution in [0.2, 0.25) is 0 Å². The fourth-order valence-electron chi connectivity index (χ4n) is 3.82. The Balaban J connectivity index is 1.54. The van der Waals surface area contributed by atoms with Crippen LogP contribution in [-0.2, 0) is 16.4 Å². The second kappa shape index (κ2) is 6.85. The maximum absolute atomic E-state index is 12.7. The lowest BCUT2D eigenvalue weighted by molar-refractivity contribution is 0.0936. The molecule has 1 aliphatic carbocycles. The minimum Gasteiger partial charge on any atom is -0.345 e. The molecule has 2 aromatic carbocycles. The van der Waals surface area contributed by atoms with E-state index >= 15 is 0 Å². The van der Waals surface area contributed by atoms with Crippen LogP contribution in [0.15, 0.2) is 53.4 Å². The Bertz CT molecular complexity index is 934. The van der Waals surface area contributed by atoms with Gasteiger partial charge < -0.3 is 5.32 Å². The van der Waals surface area contributed by atoms with E-state index in [-0.39, 0.29) is 16.8 Å². The Morgan fingerprint density at radius 2 is 1.81 bits per heavy atom. The summed E-state index contributed by atoms with van der Waals surface area (Å²) in [6.07, 6.45) is 3.60. The quantitative estimate of drug-likeness (QED) is 0.900. The van der Waals surface area contributed by atoms with Gasteiger partial charge in [0, 0.05) is 18.7 Å². The molecule has 5 nitrogen and oxygen atoms in total. The Labute approximate surface area is 154 Å². The molecule has 1 aliphatic heterocycles. The van der Waals surface area contributed by atoms with E-state index in [1.165, 1.54) is 15.9 Å². The van der Waals surface area contributed by atoms with Gasteiger partial charge >= 0.3 is 0 Å². The SMILES string of the molecule is O=C(N[C@@H]1CCc2ccccc21)c1cccc(S(=O)(=O)N2CCCC2)c1. The molecule has 0 spiro atoms. The number of carbonyl (C=O) groups is 1. The lowest BCUT2D eigenvalue weighted by atomic mass is 10.1. The van der Waals surface area contributed by atoms with Crippen molar-refractivity contribution in [3.05, 3.63) is 65.2 Å². The van der Waals surface area contributed by atoms with E-state index in [2.05, 4.69) is 11.4 Å². The van der Waals surface area contributed by atoms with Crippen LogP contribution in [0, 0.1) is 0 Å². The van der Waals surface area contributed by atoms with Crippen molar-refractivity contribution in [3.8, 4) is 0 Å². The first-order chi connectivity index (χ1) is 12.6. The van der Waals surface area contributed by atoms with Crippen molar-refractivity contribution < 1.29 is 13.2 Å². The molecule has 6 heteroatoms. The van der Waals surface area contributed by atoms with Crippen LogP contribution in [0.25, 0.3) is 0 Å². The molecule has 1 N–H and O–H groups in total. The molecule has 1 heterocycles. The highest BCUT2D eigenvalue weighted by molar-refractivity contribution is 7.89. The normalized spacial score (nSPS) is 20.1. The molecular weight excluding hydrogens is 348 g/mol. The Hall–Kier alpha value is -2.18. The van der Waals surface area contributed by atoms with Crippen LogP contribution >= 0.6 is 0 Å². The van der Waals surface area contributed by atoms with Gasteiger partial charge in [0.2, 0.25) is 10.0 Å². The molecule has 2 aromatic rings. The molecule has 1 saturated heterocycles. The van der Waals surface area contributed by atoms with Gasteiger partial charge in [0.1, 0.15) is 0 Å². The monoisotopic (exact) mass is 370 g/mol. The third-order valence-electron chi connectivity index (χ3n) is 5.24. The molecule has 0 radical (unpaired) electrons. The number of sulfonamides is 1. The van der Waals surface area contributed by atoms with Crippen molar-refractivity contribution in [2.75, 3.05) is 13.1 Å². The van der Waals surface area contributed by atoms with Gasteiger partial charge in [-0.1, -0.05) is 30.3 Å². The zero-order valence-electron chi connectivity index (χ0n) is 14.5. The number of carbonyl (C=O) groups excluding carboxylic acids is 1. The topological polar surface area (TPSA) is 66.5 Å². The summed E-state index contributed by atoms with van der Waals surface area (Å²) in [6.45, 7) is 1.11. The summed E-state index contributed by atoms with van der Waals surface area (Å²) < 4.78 is 26.9. The highest BCUT2D eigenvalue weighted by Gasteiger charge is 2.28. The van der Waals surface area contributed by atoms with E-state index in [4.69, 9.17) is 0 Å². The molecule has 0 bridgehead atoms. The number of hydrogen-bond donors (Lipinski definition) is 1. The van der Waals surface area contributed by atoms with Crippen LogP contribution in [-0.4, -0.2) is 31.7 Å². The first-order valence-electron chi connectivity index (χ1n) is 9.04. The molecule has 2 aliphatic rings. The zero-order valence-corrected chi connectivity index (χ0v) is 15.3. The third kappa shape index (κ3) is 3.15. The molecule has 1 amide bonds. The lowest BCUT2D eigenvalue weighted by Crippen LogP contribution is -2.29. The average molecular weight is 370 g/mol. The second-order valence-corrected chi connectivity index (χ2v) is 8.84. The van der Waals surface area contributed by atoms with Gasteiger partial charge in [-0.25, -0.2) is 8.42 Å². The number of nitrogens with zero attached hydrogens (tertiary/aromatic N) is 1. The highest BCUT2D eigenvalue weighted by atomic mass is 32.2. The number of hydrogen-bond acceptors (Lipinski definition) is 3. The number of fused-ring (bicyclic) bond motifs is 1. The van der Waals surface area contributed by atoms with Gasteiger partial charge in [0.15, 0.2) is 0 Å². The van der Waals surface area contributed by atoms with Crippen molar-refractivity contribution in [1.29, 1.82) is 0 Å². The van der Waals surface area contributed by atoms with E-state index in [0.717, 1.165) is 31.2 Å². The summed E-state index contributed by atoms with van der Waals surface area (Å²) in [5.41, 5.74) is 2.81. The van der Waals surface area contributed by atoms with Crippen molar-refractivity contribution in [2.45, 2.75) is 36.6 Å². The van der Waals surface area contributed by atoms with Gasteiger partial charge in [-0.15, -0.1) is 0 Å². The average Bonchev–Trinajstić information content (AvgIpc) is 3.33. The summed E-state index contributed by atoms with van der Waals surface area (Å²) in [4.78, 5) is 12.9. The Morgan fingerprint density at radius 1 is 1.04 bits per heavy atom. The maximum atomic E-state index is 12.7. The van der Waals surface area contributed by atoms with Crippen LogP contribution in [0.4, 0.5) is 0 Å². The smallest absolute Gasteiger partial charge is 0.251 e. The van der Waals surface area contributed by atoms with Crippen LogP contribution in [0.5, 0.6) is 0 Å². The first kappa shape index (κ1) is 17.2. The number of nitrogens with one attached hydrogen (secondary N) is 1. The highest BCUT2D eigenvalue weighted by Crippen LogP contribution is 2.31. The molecule has 1 fully saturated rings. The molecule has 4 rings (SSSR count). The first-order valence-corrected chi connectivity index (χ1v) is 10.5. The molecule has 26 heavy (non-hydrogen) atoms. The van der Waals surface area contributed by atoms with Gasteiger partial charge in [0.25, 0.3) is 5.91 Å². The largest absolute Gasteiger partial charge is 0.345 e. The van der Waals surface area contributed by atoms with Crippen LogP contribution in [0.3, 0.4) is 0 Å². The number of benzene rings is 2. The van der Waals surface area contributed by atoms with E-state index < -0.39 is 10.0 Å². The zero-order chi connectivity index (χ0) is 18.1. The fourth-order valence-corrected chi connectivity index (χ4v) is 5.39. The maximum Gasteiger partial charge on any atom is 0.251 e. The predicted octanol–water partition coefficient (Wildman–Crippen LogP) is 2.89. The van der Waals surface area contributed by atoms with Crippen LogP contribution in [0.1, 0.15) is 46.8 Å².